The smallest absolute Gasteiger partial charge is 0.263 e. The fraction of sp³-hybridized carbons (Fsp3) is 0.471. The van der Waals surface area contributed by atoms with Crippen LogP contribution in [0.2, 0.25) is 0 Å². The van der Waals surface area contributed by atoms with Gasteiger partial charge in [-0.1, -0.05) is 19.0 Å². The lowest BCUT2D eigenvalue weighted by Gasteiger charge is -2.12. The Morgan fingerprint density at radius 1 is 1.21 bits per heavy atom. The number of rotatable bonds is 7. The lowest BCUT2D eigenvalue weighted by molar-refractivity contribution is 0.294. The molecular formula is C17H22N4O3. The molecule has 3 aromatic rings. The van der Waals surface area contributed by atoms with Crippen LogP contribution >= 0.6 is 0 Å². The van der Waals surface area contributed by atoms with Crippen molar-refractivity contribution in [2.24, 2.45) is 5.92 Å². The molecule has 0 aliphatic rings. The third-order valence-electron chi connectivity index (χ3n) is 3.55. The van der Waals surface area contributed by atoms with Crippen LogP contribution in [0, 0.1) is 12.8 Å². The lowest BCUT2D eigenvalue weighted by Crippen LogP contribution is -2.18. The molecule has 0 radical (unpaired) electrons. The molecule has 0 bridgehead atoms. The predicted molar refractivity (Wildman–Crippen MR) is 87.0 cm³/mol. The fourth-order valence-electron chi connectivity index (χ4n) is 2.42. The Morgan fingerprint density at radius 2 is 2.04 bits per heavy atom. The molecule has 0 atom stereocenters. The summed E-state index contributed by atoms with van der Waals surface area (Å²) >= 11 is 0. The fourth-order valence-corrected chi connectivity index (χ4v) is 2.42. The van der Waals surface area contributed by atoms with Gasteiger partial charge in [-0.25, -0.2) is 4.98 Å². The average molecular weight is 330 g/mol. The third-order valence-corrected chi connectivity index (χ3v) is 3.55. The van der Waals surface area contributed by atoms with Gasteiger partial charge in [-0.3, -0.25) is 4.90 Å². The molecule has 3 heterocycles. The maximum Gasteiger partial charge on any atom is 0.263 e. The van der Waals surface area contributed by atoms with Crippen LogP contribution in [0.4, 0.5) is 0 Å². The molecule has 24 heavy (non-hydrogen) atoms. The molecule has 0 aliphatic carbocycles. The Kier molecular flexibility index (Phi) is 4.80. The second-order valence-corrected chi connectivity index (χ2v) is 6.37. The molecule has 128 valence electrons. The maximum absolute atomic E-state index is 5.68. The van der Waals surface area contributed by atoms with E-state index in [1.165, 1.54) is 0 Å². The molecular weight excluding hydrogens is 308 g/mol. The summed E-state index contributed by atoms with van der Waals surface area (Å²) in [6.45, 7) is 7.37. The highest BCUT2D eigenvalue weighted by molar-refractivity contribution is 5.44. The molecule has 0 N–H and O–H groups in total. The largest absolute Gasteiger partial charge is 0.459 e. The number of aryl methyl sites for hydroxylation is 1. The highest BCUT2D eigenvalue weighted by atomic mass is 16.5. The van der Waals surface area contributed by atoms with Crippen LogP contribution in [0.25, 0.3) is 11.7 Å². The summed E-state index contributed by atoms with van der Waals surface area (Å²) in [7, 11) is 1.99. The highest BCUT2D eigenvalue weighted by Gasteiger charge is 2.16. The molecule has 3 rings (SSSR count). The molecule has 0 unspecified atom stereocenters. The van der Waals surface area contributed by atoms with E-state index in [2.05, 4.69) is 33.9 Å². The molecule has 0 saturated carbocycles. The number of hydrogen-bond acceptors (Lipinski definition) is 7. The maximum atomic E-state index is 5.68. The van der Waals surface area contributed by atoms with E-state index in [4.69, 9.17) is 13.4 Å². The molecule has 0 fully saturated rings. The van der Waals surface area contributed by atoms with E-state index < -0.39 is 0 Å². The van der Waals surface area contributed by atoms with Gasteiger partial charge in [0.2, 0.25) is 5.89 Å². The van der Waals surface area contributed by atoms with Crippen molar-refractivity contribution >= 4 is 0 Å². The van der Waals surface area contributed by atoms with Gasteiger partial charge in [0, 0.05) is 13.0 Å². The van der Waals surface area contributed by atoms with Gasteiger partial charge in [-0.2, -0.15) is 4.98 Å². The summed E-state index contributed by atoms with van der Waals surface area (Å²) in [5, 5.41) is 4.03. The first-order chi connectivity index (χ1) is 11.5. The van der Waals surface area contributed by atoms with Gasteiger partial charge < -0.3 is 13.4 Å². The van der Waals surface area contributed by atoms with E-state index in [0.29, 0.717) is 42.4 Å². The van der Waals surface area contributed by atoms with E-state index in [-0.39, 0.29) is 0 Å². The summed E-state index contributed by atoms with van der Waals surface area (Å²) in [4.78, 5) is 11.0. The summed E-state index contributed by atoms with van der Waals surface area (Å²) in [5.41, 5.74) is 0.870. The van der Waals surface area contributed by atoms with Crippen molar-refractivity contribution in [2.45, 2.75) is 40.3 Å². The van der Waals surface area contributed by atoms with Gasteiger partial charge in [-0.05, 0) is 32.0 Å². The van der Waals surface area contributed by atoms with Gasteiger partial charge in [0.05, 0.1) is 18.5 Å². The number of hydrogen-bond donors (Lipinski definition) is 0. The minimum absolute atomic E-state index is 0.494. The predicted octanol–water partition coefficient (Wildman–Crippen LogP) is 3.46. The Balaban J connectivity index is 1.62. The number of nitrogens with zero attached hydrogens (tertiary/aromatic N) is 4. The number of oxazole rings is 1. The summed E-state index contributed by atoms with van der Waals surface area (Å²) in [6, 6.07) is 3.64. The van der Waals surface area contributed by atoms with Crippen molar-refractivity contribution in [3.8, 4) is 11.7 Å². The van der Waals surface area contributed by atoms with Gasteiger partial charge in [0.1, 0.15) is 5.76 Å². The van der Waals surface area contributed by atoms with Crippen molar-refractivity contribution in [3.63, 3.8) is 0 Å². The molecule has 7 nitrogen and oxygen atoms in total. The van der Waals surface area contributed by atoms with E-state index in [1.54, 1.807) is 6.26 Å². The Hall–Kier alpha value is -2.41. The third kappa shape index (κ3) is 3.91. The van der Waals surface area contributed by atoms with Gasteiger partial charge >= 0.3 is 0 Å². The second-order valence-electron chi connectivity index (χ2n) is 6.37. The minimum Gasteiger partial charge on any atom is -0.459 e. The normalized spacial score (nSPS) is 11.8. The second kappa shape index (κ2) is 7.00. The van der Waals surface area contributed by atoms with Crippen LogP contribution in [-0.4, -0.2) is 27.1 Å². The standard InChI is InChI=1S/C17H22N4O3/c1-11(2)8-16-19-15(20-24-16)10-21(4)9-13-12(3)23-17(18-13)14-6-5-7-22-14/h5-7,11H,8-10H2,1-4H3. The first kappa shape index (κ1) is 16.4. The zero-order chi connectivity index (χ0) is 17.1. The monoisotopic (exact) mass is 330 g/mol. The zero-order valence-corrected chi connectivity index (χ0v) is 14.4. The molecule has 0 aromatic carbocycles. The molecule has 3 aromatic heterocycles. The lowest BCUT2D eigenvalue weighted by atomic mass is 10.1. The topological polar surface area (TPSA) is 81.3 Å². The number of furan rings is 1. The first-order valence-electron chi connectivity index (χ1n) is 8.01. The van der Waals surface area contributed by atoms with E-state index >= 15 is 0 Å². The van der Waals surface area contributed by atoms with Crippen LogP contribution in [0.1, 0.15) is 37.0 Å². The number of aromatic nitrogens is 3. The van der Waals surface area contributed by atoms with E-state index in [1.807, 2.05) is 26.1 Å². The van der Waals surface area contributed by atoms with Crippen LogP contribution in [0.15, 0.2) is 31.8 Å². The van der Waals surface area contributed by atoms with Gasteiger partial charge in [-0.15, -0.1) is 0 Å². The molecule has 7 heteroatoms. The van der Waals surface area contributed by atoms with E-state index in [9.17, 15) is 0 Å². The quantitative estimate of drug-likeness (QED) is 0.656. The Morgan fingerprint density at radius 3 is 2.75 bits per heavy atom. The highest BCUT2D eigenvalue weighted by Crippen LogP contribution is 2.22. The Bertz CT molecular complexity index is 774. The molecule has 0 saturated heterocycles. The van der Waals surface area contributed by atoms with E-state index in [0.717, 1.165) is 17.9 Å². The van der Waals surface area contributed by atoms with Gasteiger partial charge in [0.15, 0.2) is 11.6 Å². The van der Waals surface area contributed by atoms with Crippen molar-refractivity contribution in [1.82, 2.24) is 20.0 Å². The van der Waals surface area contributed by atoms with Gasteiger partial charge in [0.25, 0.3) is 5.89 Å². The van der Waals surface area contributed by atoms with Crippen LogP contribution in [-0.2, 0) is 19.5 Å². The van der Waals surface area contributed by atoms with Crippen molar-refractivity contribution < 1.29 is 13.4 Å². The van der Waals surface area contributed by atoms with Crippen molar-refractivity contribution in [2.75, 3.05) is 7.05 Å². The van der Waals surface area contributed by atoms with Crippen LogP contribution in [0.3, 0.4) is 0 Å². The van der Waals surface area contributed by atoms with Crippen molar-refractivity contribution in [1.29, 1.82) is 0 Å². The molecule has 0 spiro atoms. The van der Waals surface area contributed by atoms with Crippen LogP contribution in [0.5, 0.6) is 0 Å². The minimum atomic E-state index is 0.494. The SMILES string of the molecule is Cc1oc(-c2ccco2)nc1CN(C)Cc1noc(CC(C)C)n1. The zero-order valence-electron chi connectivity index (χ0n) is 14.4. The summed E-state index contributed by atoms with van der Waals surface area (Å²) in [5.74, 6) is 3.77. The average Bonchev–Trinajstić information content (AvgIpc) is 3.21. The summed E-state index contributed by atoms with van der Waals surface area (Å²) in [6.07, 6.45) is 2.40. The van der Waals surface area contributed by atoms with Crippen molar-refractivity contribution in [3.05, 3.63) is 41.6 Å². The Labute approximate surface area is 140 Å². The first-order valence-corrected chi connectivity index (χ1v) is 8.01. The molecule has 0 amide bonds. The van der Waals surface area contributed by atoms with Crippen LogP contribution < -0.4 is 0 Å². The molecule has 0 aliphatic heterocycles. The summed E-state index contributed by atoms with van der Waals surface area (Å²) < 4.78 is 16.3.